The molecule has 3 aromatic rings. The molecule has 0 fully saturated rings. The Kier molecular flexibility index (Phi) is 6.45. The Labute approximate surface area is 185 Å². The molecule has 1 atom stereocenters. The van der Waals surface area contributed by atoms with Crippen molar-refractivity contribution in [2.75, 3.05) is 0 Å². The minimum Gasteiger partial charge on any atom is -0.607 e. The molecule has 0 amide bonds. The van der Waals surface area contributed by atoms with Crippen molar-refractivity contribution in [1.82, 2.24) is 0 Å². The molecule has 1 nitrogen and oxygen atoms in total. The van der Waals surface area contributed by atoms with Crippen LogP contribution in [-0.4, -0.2) is 4.55 Å². The average Bonchev–Trinajstić information content (AvgIpc) is 3.46. The van der Waals surface area contributed by atoms with E-state index in [0.717, 1.165) is 9.81 Å². The zero-order chi connectivity index (χ0) is 19.5. The van der Waals surface area contributed by atoms with E-state index in [4.69, 9.17) is 0 Å². The second-order valence-electron chi connectivity index (χ2n) is 6.08. The van der Waals surface area contributed by atoms with E-state index in [9.17, 15) is 4.55 Å². The number of hydrogen-bond acceptors (Lipinski definition) is 5. The molecule has 0 N–H and O–H groups in total. The minimum absolute atomic E-state index is 1.08. The third-order valence-corrected chi connectivity index (χ3v) is 10.1. The van der Waals surface area contributed by atoms with Gasteiger partial charge >= 0.3 is 0 Å². The maximum absolute atomic E-state index is 12.5. The molecular formula is C22H18OS5. The van der Waals surface area contributed by atoms with Crippen LogP contribution in [0.3, 0.4) is 0 Å². The maximum atomic E-state index is 12.5. The molecule has 1 aliphatic rings. The van der Waals surface area contributed by atoms with Crippen LogP contribution in [0.1, 0.15) is 28.5 Å². The van der Waals surface area contributed by atoms with Crippen molar-refractivity contribution >= 4 is 72.3 Å². The summed E-state index contributed by atoms with van der Waals surface area (Å²) in [5.74, 6) is 0. The van der Waals surface area contributed by atoms with Gasteiger partial charge in [0, 0.05) is 35.6 Å². The molecule has 1 unspecified atom stereocenters. The van der Waals surface area contributed by atoms with Gasteiger partial charge < -0.3 is 4.55 Å². The number of hydrogen-bond donors (Lipinski definition) is 0. The van der Waals surface area contributed by atoms with Crippen LogP contribution in [0.2, 0.25) is 0 Å². The summed E-state index contributed by atoms with van der Waals surface area (Å²) in [5, 5.41) is 5.83. The van der Waals surface area contributed by atoms with Crippen molar-refractivity contribution in [1.29, 1.82) is 0 Å². The Hall–Kier alpha value is -1.28. The molecular weight excluding hydrogens is 441 g/mol. The fourth-order valence-corrected chi connectivity index (χ4v) is 8.23. The van der Waals surface area contributed by atoms with Gasteiger partial charge in [0.1, 0.15) is 10.8 Å². The molecule has 0 radical (unpaired) electrons. The molecule has 3 aromatic heterocycles. The summed E-state index contributed by atoms with van der Waals surface area (Å²) in [4.78, 5) is 8.29. The van der Waals surface area contributed by atoms with Gasteiger partial charge in [0.25, 0.3) is 0 Å². The van der Waals surface area contributed by atoms with E-state index in [0.29, 0.717) is 0 Å². The van der Waals surface area contributed by atoms with E-state index in [2.05, 4.69) is 60.9 Å². The van der Waals surface area contributed by atoms with Gasteiger partial charge in [0.2, 0.25) is 0 Å². The van der Waals surface area contributed by atoms with Crippen molar-refractivity contribution in [3.05, 3.63) is 85.5 Å². The zero-order valence-electron chi connectivity index (χ0n) is 15.4. The molecule has 0 spiro atoms. The van der Waals surface area contributed by atoms with Gasteiger partial charge in [-0.2, -0.15) is 0 Å². The van der Waals surface area contributed by atoms with Crippen LogP contribution < -0.4 is 0 Å². The third kappa shape index (κ3) is 4.48. The van der Waals surface area contributed by atoms with Crippen LogP contribution in [0.5, 0.6) is 0 Å². The largest absolute Gasteiger partial charge is 0.607 e. The molecule has 1 aliphatic heterocycles. The van der Waals surface area contributed by atoms with Crippen molar-refractivity contribution in [2.24, 2.45) is 0 Å². The van der Waals surface area contributed by atoms with Gasteiger partial charge in [0.05, 0.1) is 9.81 Å². The van der Waals surface area contributed by atoms with Gasteiger partial charge in [0.15, 0.2) is 0 Å². The zero-order valence-corrected chi connectivity index (χ0v) is 19.5. The first-order valence-electron chi connectivity index (χ1n) is 8.69. The highest BCUT2D eigenvalue weighted by molar-refractivity contribution is 8.19. The molecule has 0 bridgehead atoms. The molecule has 142 valence electrons. The lowest BCUT2D eigenvalue weighted by molar-refractivity contribution is 0.612. The normalized spacial score (nSPS) is 17.8. The van der Waals surface area contributed by atoms with Crippen LogP contribution in [-0.2, 0) is 11.2 Å². The van der Waals surface area contributed by atoms with Crippen LogP contribution >= 0.6 is 45.8 Å². The van der Waals surface area contributed by atoms with Gasteiger partial charge in [-0.05, 0) is 55.1 Å². The van der Waals surface area contributed by atoms with Crippen molar-refractivity contribution in [3.63, 3.8) is 0 Å². The first-order chi connectivity index (χ1) is 13.6. The van der Waals surface area contributed by atoms with Crippen LogP contribution in [0.15, 0.2) is 70.8 Å². The molecule has 0 saturated heterocycles. The van der Waals surface area contributed by atoms with Gasteiger partial charge in [-0.25, -0.2) is 0 Å². The van der Waals surface area contributed by atoms with E-state index >= 15 is 0 Å². The highest BCUT2D eigenvalue weighted by Gasteiger charge is 2.22. The van der Waals surface area contributed by atoms with E-state index in [-0.39, 0.29) is 0 Å². The van der Waals surface area contributed by atoms with Gasteiger partial charge in [-0.3, -0.25) is 0 Å². The second kappa shape index (κ2) is 9.03. The molecule has 0 saturated carbocycles. The fourth-order valence-electron chi connectivity index (χ4n) is 2.65. The van der Waals surface area contributed by atoms with E-state index in [1.54, 1.807) is 45.8 Å². The van der Waals surface area contributed by atoms with E-state index in [1.165, 1.54) is 30.0 Å². The summed E-state index contributed by atoms with van der Waals surface area (Å²) < 4.78 is 12.5. The summed E-state index contributed by atoms with van der Waals surface area (Å²) in [6.45, 7) is 4.14. The molecule has 4 heterocycles. The number of thioether (sulfide) groups is 1. The van der Waals surface area contributed by atoms with Crippen molar-refractivity contribution in [3.8, 4) is 9.75 Å². The van der Waals surface area contributed by atoms with Crippen LogP contribution in [0.25, 0.3) is 25.1 Å². The Bertz CT molecular complexity index is 1080. The third-order valence-electron chi connectivity index (χ3n) is 4.06. The SMILES string of the molecule is C/C=C\C=C(/C)c1ccc(C2=C[S+]([O-])C=C(c3ccc(-c4cccs4)s3)S2)s1. The highest BCUT2D eigenvalue weighted by atomic mass is 32.2. The molecule has 4 rings (SSSR count). The summed E-state index contributed by atoms with van der Waals surface area (Å²) in [6, 6.07) is 12.8. The highest BCUT2D eigenvalue weighted by Crippen LogP contribution is 2.48. The first kappa shape index (κ1) is 20.0. The fraction of sp³-hybridized carbons (Fsp3) is 0.0909. The van der Waals surface area contributed by atoms with Crippen LogP contribution in [0, 0.1) is 0 Å². The summed E-state index contributed by atoms with van der Waals surface area (Å²) in [5.41, 5.74) is 1.24. The molecule has 0 aromatic carbocycles. The summed E-state index contributed by atoms with van der Waals surface area (Å²) in [6.07, 6.45) is 6.21. The standard InChI is InChI=1S/C22H18OS5/c1-3-4-6-15(2)16-8-9-19(25-16)21-13-28(23)14-22(27-21)20-11-10-18(26-20)17-7-5-12-24-17/h3-14H,1-2H3/b4-3-,15-6+. The Morgan fingerprint density at radius 3 is 2.36 bits per heavy atom. The second-order valence-corrected chi connectivity index (χ2v) is 11.4. The summed E-state index contributed by atoms with van der Waals surface area (Å²) >= 11 is 5.89. The van der Waals surface area contributed by atoms with E-state index in [1.807, 2.05) is 23.8 Å². The lowest BCUT2D eigenvalue weighted by Gasteiger charge is -2.13. The summed E-state index contributed by atoms with van der Waals surface area (Å²) in [7, 11) is 0. The molecule has 6 heteroatoms. The van der Waals surface area contributed by atoms with Gasteiger partial charge in [-0.1, -0.05) is 36.1 Å². The first-order valence-corrected chi connectivity index (χ1v) is 13.3. The smallest absolute Gasteiger partial charge is 0.137 e. The molecule has 28 heavy (non-hydrogen) atoms. The minimum atomic E-state index is -1.09. The topological polar surface area (TPSA) is 23.1 Å². The monoisotopic (exact) mass is 458 g/mol. The van der Waals surface area contributed by atoms with Crippen LogP contribution in [0.4, 0.5) is 0 Å². The maximum Gasteiger partial charge on any atom is 0.137 e. The predicted octanol–water partition coefficient (Wildman–Crippen LogP) is 8.31. The molecule has 0 aliphatic carbocycles. The predicted molar refractivity (Wildman–Crippen MR) is 132 cm³/mol. The lowest BCUT2D eigenvalue weighted by atomic mass is 10.2. The number of thiophene rings is 3. The average molecular weight is 459 g/mol. The number of allylic oxidation sites excluding steroid dienone is 4. The Morgan fingerprint density at radius 1 is 0.929 bits per heavy atom. The quantitative estimate of drug-likeness (QED) is 0.283. The Morgan fingerprint density at radius 2 is 1.64 bits per heavy atom. The Balaban J connectivity index is 1.56. The number of rotatable bonds is 5. The van der Waals surface area contributed by atoms with Gasteiger partial charge in [-0.15, -0.1) is 34.0 Å². The van der Waals surface area contributed by atoms with Crippen molar-refractivity contribution < 1.29 is 4.55 Å². The van der Waals surface area contributed by atoms with E-state index < -0.39 is 11.2 Å². The lowest BCUT2D eigenvalue weighted by Crippen LogP contribution is -1.96. The van der Waals surface area contributed by atoms with Crippen molar-refractivity contribution in [2.45, 2.75) is 13.8 Å².